The summed E-state index contributed by atoms with van der Waals surface area (Å²) in [5, 5.41) is 2.65. The first kappa shape index (κ1) is 16.9. The van der Waals surface area contributed by atoms with E-state index in [9.17, 15) is 9.59 Å². The van der Waals surface area contributed by atoms with E-state index in [-0.39, 0.29) is 17.2 Å². The number of hydrogen-bond acceptors (Lipinski definition) is 3. The van der Waals surface area contributed by atoms with Gasteiger partial charge in [-0.3, -0.25) is 19.8 Å². The van der Waals surface area contributed by atoms with E-state index in [0.29, 0.717) is 0 Å². The minimum absolute atomic E-state index is 0.0445. The maximum atomic E-state index is 12.6. The van der Waals surface area contributed by atoms with Gasteiger partial charge in [0, 0.05) is 24.1 Å². The van der Waals surface area contributed by atoms with Crippen molar-refractivity contribution in [2.75, 3.05) is 6.54 Å². The van der Waals surface area contributed by atoms with E-state index < -0.39 is 11.8 Å². The van der Waals surface area contributed by atoms with E-state index in [0.717, 1.165) is 16.9 Å². The third kappa shape index (κ3) is 3.29. The van der Waals surface area contributed by atoms with Gasteiger partial charge < -0.3 is 4.57 Å². The Morgan fingerprint density at radius 3 is 2.76 bits per heavy atom. The molecule has 0 saturated carbocycles. The lowest BCUT2D eigenvalue weighted by Gasteiger charge is -2.27. The summed E-state index contributed by atoms with van der Waals surface area (Å²) in [5.74, 6) is -0.919. The van der Waals surface area contributed by atoms with Gasteiger partial charge in [0.2, 0.25) is 0 Å². The van der Waals surface area contributed by atoms with Crippen molar-refractivity contribution in [2.45, 2.75) is 6.92 Å². The van der Waals surface area contributed by atoms with Crippen LogP contribution in [0, 0.1) is 6.92 Å². The number of aromatic nitrogens is 1. The highest BCUT2D eigenvalue weighted by atomic mass is 32.1. The smallest absolute Gasteiger partial charge is 0.266 e. The molecule has 1 N–H and O–H groups in total. The zero-order chi connectivity index (χ0) is 18.0. The van der Waals surface area contributed by atoms with Crippen LogP contribution in [0.15, 0.2) is 60.8 Å². The fraction of sp³-hybridized carbons (Fsp3) is 0.105. The number of rotatable bonds is 4. The van der Waals surface area contributed by atoms with Gasteiger partial charge in [0.1, 0.15) is 5.57 Å². The second kappa shape index (κ2) is 6.86. The summed E-state index contributed by atoms with van der Waals surface area (Å²) in [6, 6.07) is 11.7. The average Bonchev–Trinajstić information content (AvgIpc) is 3.03. The lowest BCUT2D eigenvalue weighted by molar-refractivity contribution is -0.128. The molecule has 1 aromatic carbocycles. The van der Waals surface area contributed by atoms with Gasteiger partial charge in [0.05, 0.1) is 0 Å². The number of thiocarbonyl (C=S) groups is 1. The second-order valence-electron chi connectivity index (χ2n) is 5.66. The minimum atomic E-state index is -0.493. The quantitative estimate of drug-likeness (QED) is 0.399. The van der Waals surface area contributed by atoms with Crippen LogP contribution in [0.1, 0.15) is 11.3 Å². The third-order valence-electron chi connectivity index (χ3n) is 3.85. The molecular weight excluding hydrogens is 334 g/mol. The zero-order valence-corrected chi connectivity index (χ0v) is 14.5. The van der Waals surface area contributed by atoms with E-state index in [2.05, 4.69) is 11.9 Å². The molecule has 0 unspecified atom stereocenters. The van der Waals surface area contributed by atoms with E-state index in [1.807, 2.05) is 54.1 Å². The van der Waals surface area contributed by atoms with Crippen LogP contribution < -0.4 is 5.32 Å². The van der Waals surface area contributed by atoms with Crippen molar-refractivity contribution < 1.29 is 9.59 Å². The first-order chi connectivity index (χ1) is 12.0. The molecule has 3 rings (SSSR count). The molecule has 0 aliphatic carbocycles. The Hall–Kier alpha value is -2.99. The lowest BCUT2D eigenvalue weighted by Crippen LogP contribution is -2.53. The van der Waals surface area contributed by atoms with E-state index >= 15 is 0 Å². The van der Waals surface area contributed by atoms with Gasteiger partial charge in [-0.25, -0.2) is 0 Å². The highest BCUT2D eigenvalue weighted by Crippen LogP contribution is 2.19. The summed E-state index contributed by atoms with van der Waals surface area (Å²) in [5.41, 5.74) is 2.86. The number of amides is 2. The van der Waals surface area contributed by atoms with Crippen molar-refractivity contribution in [3.63, 3.8) is 0 Å². The summed E-state index contributed by atoms with van der Waals surface area (Å²) in [6.45, 7) is 5.87. The molecular formula is C19H17N3O2S. The topological polar surface area (TPSA) is 54.3 Å². The largest absolute Gasteiger partial charge is 0.317 e. The predicted octanol–water partition coefficient (Wildman–Crippen LogP) is 2.60. The van der Waals surface area contributed by atoms with Crippen LogP contribution in [-0.4, -0.2) is 32.9 Å². The van der Waals surface area contributed by atoms with Gasteiger partial charge in [-0.05, 0) is 55.0 Å². The zero-order valence-electron chi connectivity index (χ0n) is 13.7. The van der Waals surface area contributed by atoms with Crippen LogP contribution in [0.4, 0.5) is 0 Å². The molecule has 1 saturated heterocycles. The number of benzene rings is 1. The lowest BCUT2D eigenvalue weighted by atomic mass is 10.1. The molecule has 1 fully saturated rings. The van der Waals surface area contributed by atoms with Gasteiger partial charge in [0.15, 0.2) is 5.11 Å². The average molecular weight is 351 g/mol. The maximum Gasteiger partial charge on any atom is 0.266 e. The number of nitrogens with one attached hydrogen (secondary N) is 1. The Bertz CT molecular complexity index is 911. The molecule has 2 amide bonds. The minimum Gasteiger partial charge on any atom is -0.317 e. The first-order valence-electron chi connectivity index (χ1n) is 7.75. The molecule has 1 aliphatic heterocycles. The van der Waals surface area contributed by atoms with Crippen molar-refractivity contribution in [2.24, 2.45) is 0 Å². The molecule has 0 bridgehead atoms. The standard InChI is InChI=1S/C19H17N3O2S/c1-3-9-22-18(24)16(17(23)20-19(22)25)12-15-8-5-10-21(15)14-7-4-6-13(2)11-14/h3-8,10-12H,1,9H2,2H3,(H,20,23,25). The van der Waals surface area contributed by atoms with Gasteiger partial charge in [-0.15, -0.1) is 6.58 Å². The first-order valence-corrected chi connectivity index (χ1v) is 8.16. The van der Waals surface area contributed by atoms with Crippen LogP contribution >= 0.6 is 12.2 Å². The summed E-state index contributed by atoms with van der Waals surface area (Å²) in [7, 11) is 0. The summed E-state index contributed by atoms with van der Waals surface area (Å²) in [6.07, 6.45) is 5.03. The Labute approximate surface area is 151 Å². The molecule has 126 valence electrons. The highest BCUT2D eigenvalue weighted by Gasteiger charge is 2.32. The van der Waals surface area contributed by atoms with Crippen LogP contribution in [0.25, 0.3) is 11.8 Å². The SMILES string of the molecule is C=CCN1C(=O)C(=Cc2cccn2-c2cccc(C)c2)C(=O)NC1=S. The number of hydrogen-bond donors (Lipinski definition) is 1. The van der Waals surface area contributed by atoms with E-state index in [1.165, 1.54) is 4.90 Å². The number of nitrogens with zero attached hydrogens (tertiary/aromatic N) is 2. The Morgan fingerprint density at radius 1 is 1.24 bits per heavy atom. The monoisotopic (exact) mass is 351 g/mol. The Kier molecular flexibility index (Phi) is 4.63. The maximum absolute atomic E-state index is 12.6. The molecule has 6 heteroatoms. The Morgan fingerprint density at radius 2 is 2.04 bits per heavy atom. The van der Waals surface area contributed by atoms with Gasteiger partial charge in [-0.2, -0.15) is 0 Å². The van der Waals surface area contributed by atoms with Gasteiger partial charge >= 0.3 is 0 Å². The summed E-state index contributed by atoms with van der Waals surface area (Å²) in [4.78, 5) is 26.2. The fourth-order valence-electron chi connectivity index (χ4n) is 2.66. The van der Waals surface area contributed by atoms with Gasteiger partial charge in [-0.1, -0.05) is 18.2 Å². The fourth-order valence-corrected chi connectivity index (χ4v) is 2.91. The third-order valence-corrected chi connectivity index (χ3v) is 4.17. The Balaban J connectivity index is 2.02. The molecule has 5 nitrogen and oxygen atoms in total. The van der Waals surface area contributed by atoms with Crippen LogP contribution in [0.3, 0.4) is 0 Å². The molecule has 1 aromatic heterocycles. The molecule has 0 atom stereocenters. The summed E-state index contributed by atoms with van der Waals surface area (Å²) < 4.78 is 1.92. The number of carbonyl (C=O) groups is 2. The molecule has 25 heavy (non-hydrogen) atoms. The van der Waals surface area contributed by atoms with Crippen molar-refractivity contribution in [3.05, 3.63) is 72.1 Å². The van der Waals surface area contributed by atoms with Crippen molar-refractivity contribution in [1.29, 1.82) is 0 Å². The van der Waals surface area contributed by atoms with Crippen LogP contribution in [-0.2, 0) is 9.59 Å². The molecule has 0 radical (unpaired) electrons. The number of aryl methyl sites for hydroxylation is 1. The van der Waals surface area contributed by atoms with Crippen LogP contribution in [0.5, 0.6) is 0 Å². The van der Waals surface area contributed by atoms with Gasteiger partial charge in [0.25, 0.3) is 11.8 Å². The van der Waals surface area contributed by atoms with Crippen molar-refractivity contribution >= 4 is 35.2 Å². The van der Waals surface area contributed by atoms with Crippen LogP contribution in [0.2, 0.25) is 0 Å². The summed E-state index contributed by atoms with van der Waals surface area (Å²) >= 11 is 5.06. The van der Waals surface area contributed by atoms with E-state index in [1.54, 1.807) is 12.2 Å². The second-order valence-corrected chi connectivity index (χ2v) is 6.05. The van der Waals surface area contributed by atoms with Crippen molar-refractivity contribution in [1.82, 2.24) is 14.8 Å². The predicted molar refractivity (Wildman–Crippen MR) is 101 cm³/mol. The van der Waals surface area contributed by atoms with Crippen molar-refractivity contribution in [3.8, 4) is 5.69 Å². The van der Waals surface area contributed by atoms with E-state index in [4.69, 9.17) is 12.2 Å². The molecule has 0 spiro atoms. The normalized spacial score (nSPS) is 16.3. The molecule has 2 heterocycles. The molecule has 1 aliphatic rings. The highest BCUT2D eigenvalue weighted by molar-refractivity contribution is 7.80. The number of carbonyl (C=O) groups excluding carboxylic acids is 2. The molecule has 2 aromatic rings.